The molecule has 0 unspecified atom stereocenters. The van der Waals surface area contributed by atoms with Crippen molar-refractivity contribution < 1.29 is 4.92 Å². The van der Waals surface area contributed by atoms with Crippen molar-refractivity contribution in [2.24, 2.45) is 0 Å². The Morgan fingerprint density at radius 1 is 1.40 bits per heavy atom. The average molecular weight is 274 g/mol. The smallest absolute Gasteiger partial charge is 0.295 e. The highest BCUT2D eigenvalue weighted by Crippen LogP contribution is 2.28. The van der Waals surface area contributed by atoms with Crippen LogP contribution in [0, 0.1) is 10.1 Å². The van der Waals surface area contributed by atoms with Gasteiger partial charge < -0.3 is 10.2 Å². The van der Waals surface area contributed by atoms with Gasteiger partial charge in [-0.1, -0.05) is 19.1 Å². The van der Waals surface area contributed by atoms with Crippen molar-refractivity contribution in [2.45, 2.75) is 6.92 Å². The minimum absolute atomic E-state index is 0.0387. The third-order valence-corrected chi connectivity index (χ3v) is 3.30. The average Bonchev–Trinajstić information content (AvgIpc) is 2.46. The highest BCUT2D eigenvalue weighted by Gasteiger charge is 2.14. The molecular formula is C14H18N4O2. The zero-order chi connectivity index (χ0) is 14.5. The Kier molecular flexibility index (Phi) is 4.47. The Morgan fingerprint density at radius 2 is 2.20 bits per heavy atom. The molecule has 6 nitrogen and oxygen atoms in total. The van der Waals surface area contributed by atoms with Crippen LogP contribution in [0.15, 0.2) is 30.5 Å². The molecule has 0 saturated carbocycles. The maximum absolute atomic E-state index is 11.0. The first-order valence-corrected chi connectivity index (χ1v) is 6.58. The number of nitro groups is 1. The molecule has 0 aliphatic heterocycles. The number of nitro benzene ring substituents is 1. The molecule has 6 heteroatoms. The van der Waals surface area contributed by atoms with Gasteiger partial charge >= 0.3 is 0 Å². The monoisotopic (exact) mass is 274 g/mol. The van der Waals surface area contributed by atoms with Gasteiger partial charge in [-0.05, 0) is 19.7 Å². The molecule has 106 valence electrons. The number of nitrogens with one attached hydrogen (secondary N) is 1. The topological polar surface area (TPSA) is 71.3 Å². The molecule has 0 radical (unpaired) electrons. The number of hydrogen-bond acceptors (Lipinski definition) is 5. The first-order valence-electron chi connectivity index (χ1n) is 6.58. The molecule has 0 aliphatic rings. The molecule has 0 saturated heterocycles. The second-order valence-corrected chi connectivity index (χ2v) is 4.61. The van der Waals surface area contributed by atoms with Crippen LogP contribution >= 0.6 is 0 Å². The van der Waals surface area contributed by atoms with E-state index in [9.17, 15) is 10.1 Å². The van der Waals surface area contributed by atoms with Gasteiger partial charge in [0.1, 0.15) is 5.52 Å². The quantitative estimate of drug-likeness (QED) is 0.647. The third-order valence-electron chi connectivity index (χ3n) is 3.30. The van der Waals surface area contributed by atoms with Gasteiger partial charge in [-0.3, -0.25) is 10.1 Å². The van der Waals surface area contributed by atoms with Crippen LogP contribution in [-0.4, -0.2) is 41.5 Å². The maximum Gasteiger partial charge on any atom is 0.295 e. The van der Waals surface area contributed by atoms with Crippen molar-refractivity contribution in [3.63, 3.8) is 0 Å². The fourth-order valence-corrected chi connectivity index (χ4v) is 2.00. The summed E-state index contributed by atoms with van der Waals surface area (Å²) in [5, 5.41) is 15.1. The van der Waals surface area contributed by atoms with Gasteiger partial charge in [-0.15, -0.1) is 0 Å². The molecule has 0 spiro atoms. The van der Waals surface area contributed by atoms with E-state index in [-0.39, 0.29) is 5.69 Å². The lowest BCUT2D eigenvalue weighted by molar-refractivity contribution is -0.383. The lowest BCUT2D eigenvalue weighted by Gasteiger charge is -2.15. The summed E-state index contributed by atoms with van der Waals surface area (Å²) in [6.07, 6.45) is 1.60. The minimum atomic E-state index is -0.399. The van der Waals surface area contributed by atoms with Crippen LogP contribution in [0.4, 0.5) is 11.4 Å². The van der Waals surface area contributed by atoms with Crippen molar-refractivity contribution in [1.29, 1.82) is 0 Å². The van der Waals surface area contributed by atoms with Gasteiger partial charge in [0.2, 0.25) is 0 Å². The largest absolute Gasteiger partial charge is 0.383 e. The summed E-state index contributed by atoms with van der Waals surface area (Å²) in [6.45, 7) is 4.79. The van der Waals surface area contributed by atoms with E-state index in [1.165, 1.54) is 6.07 Å². The summed E-state index contributed by atoms with van der Waals surface area (Å²) in [5.74, 6) is 0. The van der Waals surface area contributed by atoms with E-state index in [4.69, 9.17) is 0 Å². The molecule has 20 heavy (non-hydrogen) atoms. The van der Waals surface area contributed by atoms with Crippen LogP contribution in [-0.2, 0) is 0 Å². The lowest BCUT2D eigenvalue weighted by atomic mass is 10.1. The van der Waals surface area contributed by atoms with Crippen LogP contribution in [0.1, 0.15) is 6.92 Å². The maximum atomic E-state index is 11.0. The van der Waals surface area contributed by atoms with Crippen molar-refractivity contribution in [2.75, 3.05) is 32.0 Å². The van der Waals surface area contributed by atoms with Gasteiger partial charge in [-0.2, -0.15) is 0 Å². The molecule has 1 N–H and O–H groups in total. The summed E-state index contributed by atoms with van der Waals surface area (Å²) in [4.78, 5) is 16.9. The number of pyridine rings is 1. The van der Waals surface area contributed by atoms with E-state index in [0.717, 1.165) is 30.7 Å². The Hall–Kier alpha value is -2.21. The summed E-state index contributed by atoms with van der Waals surface area (Å²) in [5.41, 5.74) is 1.34. The molecule has 0 aliphatic carbocycles. The first-order chi connectivity index (χ1) is 9.63. The summed E-state index contributed by atoms with van der Waals surface area (Å²) < 4.78 is 0. The number of nitrogens with zero attached hydrogens (tertiary/aromatic N) is 3. The van der Waals surface area contributed by atoms with E-state index >= 15 is 0 Å². The molecule has 2 aromatic rings. The van der Waals surface area contributed by atoms with Crippen molar-refractivity contribution >= 4 is 22.3 Å². The second-order valence-electron chi connectivity index (χ2n) is 4.61. The van der Waals surface area contributed by atoms with Crippen LogP contribution in [0.2, 0.25) is 0 Å². The SMILES string of the molecule is CCN(C)CCNc1ccnc2c([N+](=O)[O-])cccc12. The van der Waals surface area contributed by atoms with Gasteiger partial charge in [0.25, 0.3) is 5.69 Å². The van der Waals surface area contributed by atoms with Crippen LogP contribution in [0.25, 0.3) is 10.9 Å². The van der Waals surface area contributed by atoms with Gasteiger partial charge in [0.05, 0.1) is 4.92 Å². The minimum Gasteiger partial charge on any atom is -0.383 e. The van der Waals surface area contributed by atoms with Gasteiger partial charge in [0.15, 0.2) is 0 Å². The Labute approximate surface area is 117 Å². The highest BCUT2D eigenvalue weighted by molar-refractivity contribution is 5.96. The third kappa shape index (κ3) is 3.03. The molecule has 0 bridgehead atoms. The molecule has 0 atom stereocenters. The molecule has 1 aromatic carbocycles. The van der Waals surface area contributed by atoms with Crippen molar-refractivity contribution in [3.8, 4) is 0 Å². The molecule has 2 rings (SSSR count). The van der Waals surface area contributed by atoms with E-state index in [2.05, 4.69) is 29.2 Å². The Bertz CT molecular complexity index is 615. The zero-order valence-electron chi connectivity index (χ0n) is 11.7. The van der Waals surface area contributed by atoms with E-state index in [1.807, 2.05) is 12.1 Å². The molecule has 0 amide bonds. The van der Waals surface area contributed by atoms with Crippen molar-refractivity contribution in [1.82, 2.24) is 9.88 Å². The van der Waals surface area contributed by atoms with Crippen LogP contribution in [0.3, 0.4) is 0 Å². The number of para-hydroxylation sites is 1. The van der Waals surface area contributed by atoms with Crippen LogP contribution in [0.5, 0.6) is 0 Å². The highest BCUT2D eigenvalue weighted by atomic mass is 16.6. The van der Waals surface area contributed by atoms with Gasteiger partial charge in [-0.25, -0.2) is 4.98 Å². The van der Waals surface area contributed by atoms with E-state index in [1.54, 1.807) is 12.3 Å². The predicted octanol–water partition coefficient (Wildman–Crippen LogP) is 2.51. The first kappa shape index (κ1) is 14.2. The summed E-state index contributed by atoms with van der Waals surface area (Å²) in [6, 6.07) is 6.86. The summed E-state index contributed by atoms with van der Waals surface area (Å²) >= 11 is 0. The molecule has 1 heterocycles. The summed E-state index contributed by atoms with van der Waals surface area (Å²) in [7, 11) is 2.05. The predicted molar refractivity (Wildman–Crippen MR) is 80.1 cm³/mol. The molecular weight excluding hydrogens is 256 g/mol. The van der Waals surface area contributed by atoms with Crippen molar-refractivity contribution in [3.05, 3.63) is 40.6 Å². The van der Waals surface area contributed by atoms with E-state index in [0.29, 0.717) is 5.52 Å². The Balaban J connectivity index is 2.26. The molecule has 0 fully saturated rings. The number of benzene rings is 1. The zero-order valence-corrected chi connectivity index (χ0v) is 11.7. The number of likely N-dealkylation sites (N-methyl/N-ethyl adjacent to an activating group) is 1. The van der Waals surface area contributed by atoms with Crippen LogP contribution < -0.4 is 5.32 Å². The lowest BCUT2D eigenvalue weighted by Crippen LogP contribution is -2.24. The second kappa shape index (κ2) is 6.29. The number of aromatic nitrogens is 1. The number of non-ortho nitro benzene ring substituents is 1. The standard InChI is InChI=1S/C14H18N4O2/c1-3-17(2)10-9-15-12-7-8-16-14-11(12)5-4-6-13(14)18(19)20/h4-8H,3,9-10H2,1-2H3,(H,15,16). The van der Waals surface area contributed by atoms with Gasteiger partial charge in [0, 0.05) is 36.4 Å². The number of fused-ring (bicyclic) bond motifs is 1. The fourth-order valence-electron chi connectivity index (χ4n) is 2.00. The fraction of sp³-hybridized carbons (Fsp3) is 0.357. The Morgan fingerprint density at radius 3 is 2.90 bits per heavy atom. The molecule has 1 aromatic heterocycles. The number of anilines is 1. The van der Waals surface area contributed by atoms with E-state index < -0.39 is 4.92 Å². The number of rotatable bonds is 6. The normalized spacial score (nSPS) is 10.9. The number of hydrogen-bond donors (Lipinski definition) is 1.